The Morgan fingerprint density at radius 1 is 1.25 bits per heavy atom. The van der Waals surface area contributed by atoms with Gasteiger partial charge in [-0.05, 0) is 65.2 Å². The molecule has 0 saturated heterocycles. The molecule has 0 unspecified atom stereocenters. The average molecular weight is 414 g/mol. The molecule has 2 heterocycles. The maximum absolute atomic E-state index is 12.7. The van der Waals surface area contributed by atoms with E-state index < -0.39 is 0 Å². The molecular formula is C22H27N3OS2. The number of aromatic amines is 1. The van der Waals surface area contributed by atoms with Gasteiger partial charge in [0.1, 0.15) is 0 Å². The fraction of sp³-hybridized carbons (Fsp3) is 0.364. The second kappa shape index (κ2) is 9.34. The van der Waals surface area contributed by atoms with Crippen molar-refractivity contribution in [2.45, 2.75) is 40.3 Å². The minimum absolute atomic E-state index is 0.0559. The van der Waals surface area contributed by atoms with Crippen molar-refractivity contribution in [2.24, 2.45) is 5.92 Å². The monoisotopic (exact) mass is 413 g/mol. The van der Waals surface area contributed by atoms with Gasteiger partial charge in [-0.1, -0.05) is 32.9 Å². The number of thiophene rings is 1. The summed E-state index contributed by atoms with van der Waals surface area (Å²) < 4.78 is 0. The lowest BCUT2D eigenvalue weighted by Crippen LogP contribution is -2.41. The zero-order valence-electron chi connectivity index (χ0n) is 16.6. The van der Waals surface area contributed by atoms with Gasteiger partial charge in [-0.15, -0.1) is 11.3 Å². The summed E-state index contributed by atoms with van der Waals surface area (Å²) in [5, 5.41) is 7.15. The van der Waals surface area contributed by atoms with E-state index in [1.54, 1.807) is 11.3 Å². The summed E-state index contributed by atoms with van der Waals surface area (Å²) in [5.74, 6) is 0.498. The zero-order chi connectivity index (χ0) is 20.1. The third kappa shape index (κ3) is 5.20. The van der Waals surface area contributed by atoms with Crippen LogP contribution in [-0.4, -0.2) is 21.5 Å². The highest BCUT2D eigenvalue weighted by Crippen LogP contribution is 2.17. The summed E-state index contributed by atoms with van der Waals surface area (Å²) >= 11 is 7.35. The van der Waals surface area contributed by atoms with Crippen molar-refractivity contribution in [3.63, 3.8) is 0 Å². The fourth-order valence-corrected chi connectivity index (χ4v) is 3.97. The van der Waals surface area contributed by atoms with E-state index in [4.69, 9.17) is 12.2 Å². The van der Waals surface area contributed by atoms with Crippen molar-refractivity contribution >= 4 is 39.6 Å². The lowest BCUT2D eigenvalue weighted by molar-refractivity contribution is 0.397. The molecule has 6 heteroatoms. The van der Waals surface area contributed by atoms with E-state index in [0.29, 0.717) is 24.1 Å². The molecule has 0 atom stereocenters. The van der Waals surface area contributed by atoms with Crippen LogP contribution in [0.3, 0.4) is 0 Å². The first-order valence-electron chi connectivity index (χ1n) is 9.66. The van der Waals surface area contributed by atoms with E-state index in [-0.39, 0.29) is 5.56 Å². The first-order chi connectivity index (χ1) is 13.5. The highest BCUT2D eigenvalue weighted by molar-refractivity contribution is 7.80. The highest BCUT2D eigenvalue weighted by atomic mass is 32.1. The van der Waals surface area contributed by atoms with Crippen LogP contribution in [0.25, 0.3) is 10.9 Å². The molecule has 0 aliphatic rings. The first kappa shape index (κ1) is 20.6. The van der Waals surface area contributed by atoms with Gasteiger partial charge in [-0.25, -0.2) is 0 Å². The Hall–Kier alpha value is -2.18. The molecule has 0 spiro atoms. The van der Waals surface area contributed by atoms with Crippen LogP contribution >= 0.6 is 23.6 Å². The summed E-state index contributed by atoms with van der Waals surface area (Å²) in [6.45, 7) is 8.41. The molecule has 4 nitrogen and oxygen atoms in total. The van der Waals surface area contributed by atoms with Gasteiger partial charge in [0.2, 0.25) is 0 Å². The number of H-pyrrole nitrogens is 1. The van der Waals surface area contributed by atoms with Crippen molar-refractivity contribution in [3.05, 3.63) is 68.1 Å². The molecule has 1 aromatic carbocycles. The maximum Gasteiger partial charge on any atom is 0.253 e. The third-order valence-electron chi connectivity index (χ3n) is 4.63. The Morgan fingerprint density at radius 3 is 2.75 bits per heavy atom. The van der Waals surface area contributed by atoms with Crippen LogP contribution in [0.4, 0.5) is 0 Å². The summed E-state index contributed by atoms with van der Waals surface area (Å²) in [7, 11) is 0. The van der Waals surface area contributed by atoms with Crippen molar-refractivity contribution in [3.8, 4) is 0 Å². The summed E-state index contributed by atoms with van der Waals surface area (Å²) in [6.07, 6.45) is 0.970. The predicted molar refractivity (Wildman–Crippen MR) is 123 cm³/mol. The molecule has 2 aromatic heterocycles. The van der Waals surface area contributed by atoms with E-state index in [2.05, 4.69) is 59.6 Å². The Bertz CT molecular complexity index is 993. The molecule has 0 aliphatic heterocycles. The normalized spacial score (nSPS) is 11.1. The largest absolute Gasteiger partial charge is 0.362 e. The topological polar surface area (TPSA) is 48.1 Å². The van der Waals surface area contributed by atoms with Gasteiger partial charge >= 0.3 is 0 Å². The van der Waals surface area contributed by atoms with Crippen LogP contribution in [0.2, 0.25) is 0 Å². The molecule has 2 N–H and O–H groups in total. The number of pyridine rings is 1. The van der Waals surface area contributed by atoms with Gasteiger partial charge in [0.05, 0.1) is 13.1 Å². The van der Waals surface area contributed by atoms with Gasteiger partial charge < -0.3 is 15.2 Å². The lowest BCUT2D eigenvalue weighted by atomic mass is 10.1. The van der Waals surface area contributed by atoms with Gasteiger partial charge in [0, 0.05) is 22.5 Å². The molecule has 0 bridgehead atoms. The molecule has 3 rings (SSSR count). The molecule has 0 fully saturated rings. The molecule has 148 valence electrons. The second-order valence-electron chi connectivity index (χ2n) is 7.41. The predicted octanol–water partition coefficient (Wildman–Crippen LogP) is 4.68. The van der Waals surface area contributed by atoms with E-state index >= 15 is 0 Å². The summed E-state index contributed by atoms with van der Waals surface area (Å²) in [4.78, 5) is 19.0. The SMILES string of the molecule is CCc1ccc2[nH]c(=O)c(CN(Cc3cccs3)C(=S)NCC(C)C)cc2c1. The van der Waals surface area contributed by atoms with Crippen molar-refractivity contribution in [2.75, 3.05) is 6.54 Å². The number of rotatable bonds is 7. The third-order valence-corrected chi connectivity index (χ3v) is 5.89. The molecule has 28 heavy (non-hydrogen) atoms. The lowest BCUT2D eigenvalue weighted by Gasteiger charge is -2.26. The van der Waals surface area contributed by atoms with E-state index in [9.17, 15) is 4.79 Å². The summed E-state index contributed by atoms with van der Waals surface area (Å²) in [5.41, 5.74) is 2.80. The molecule has 0 aliphatic carbocycles. The number of nitrogens with one attached hydrogen (secondary N) is 2. The highest BCUT2D eigenvalue weighted by Gasteiger charge is 2.15. The minimum Gasteiger partial charge on any atom is -0.362 e. The maximum atomic E-state index is 12.7. The van der Waals surface area contributed by atoms with Gasteiger partial charge in [0.15, 0.2) is 5.11 Å². The van der Waals surface area contributed by atoms with E-state index in [1.807, 2.05) is 18.2 Å². The number of hydrogen-bond acceptors (Lipinski definition) is 3. The molecule has 3 aromatic rings. The number of aromatic nitrogens is 1. The standard InChI is InChI=1S/C22H27N3OS2/c1-4-16-7-8-20-17(10-16)11-18(21(26)24-20)13-25(14-19-6-5-9-28-19)22(27)23-12-15(2)3/h5-11,15H,4,12-14H2,1-3H3,(H,23,27)(H,24,26). The molecule has 0 radical (unpaired) electrons. The number of fused-ring (bicyclic) bond motifs is 1. The molecule has 0 amide bonds. The number of thiocarbonyl (C=S) groups is 1. The van der Waals surface area contributed by atoms with Crippen molar-refractivity contribution in [1.29, 1.82) is 0 Å². The van der Waals surface area contributed by atoms with E-state index in [0.717, 1.165) is 29.4 Å². The zero-order valence-corrected chi connectivity index (χ0v) is 18.3. The van der Waals surface area contributed by atoms with Gasteiger partial charge in [-0.3, -0.25) is 4.79 Å². The van der Waals surface area contributed by atoms with Crippen LogP contribution in [0.5, 0.6) is 0 Å². The summed E-state index contributed by atoms with van der Waals surface area (Å²) in [6, 6.07) is 12.3. The number of hydrogen-bond donors (Lipinski definition) is 2. The van der Waals surface area contributed by atoms with Gasteiger partial charge in [0.25, 0.3) is 5.56 Å². The van der Waals surface area contributed by atoms with Crippen LogP contribution in [0.1, 0.15) is 36.8 Å². The molecule has 0 saturated carbocycles. The van der Waals surface area contributed by atoms with Crippen molar-refractivity contribution < 1.29 is 0 Å². The van der Waals surface area contributed by atoms with Crippen LogP contribution in [0.15, 0.2) is 46.6 Å². The smallest absolute Gasteiger partial charge is 0.253 e. The van der Waals surface area contributed by atoms with E-state index in [1.165, 1.54) is 10.4 Å². The first-order valence-corrected chi connectivity index (χ1v) is 10.9. The minimum atomic E-state index is -0.0559. The van der Waals surface area contributed by atoms with Crippen LogP contribution in [-0.2, 0) is 19.5 Å². The number of nitrogens with zero attached hydrogens (tertiary/aromatic N) is 1. The Balaban J connectivity index is 1.89. The van der Waals surface area contributed by atoms with Crippen LogP contribution < -0.4 is 10.9 Å². The Morgan fingerprint density at radius 2 is 2.07 bits per heavy atom. The second-order valence-corrected chi connectivity index (χ2v) is 8.83. The fourth-order valence-electron chi connectivity index (χ4n) is 3.04. The average Bonchev–Trinajstić information content (AvgIpc) is 3.18. The Kier molecular flexibility index (Phi) is 6.86. The Labute approximate surface area is 175 Å². The number of aryl methyl sites for hydroxylation is 1. The van der Waals surface area contributed by atoms with Gasteiger partial charge in [-0.2, -0.15) is 0 Å². The quantitative estimate of drug-likeness (QED) is 0.552. The number of benzene rings is 1. The molecular weight excluding hydrogens is 386 g/mol. The van der Waals surface area contributed by atoms with Crippen molar-refractivity contribution in [1.82, 2.24) is 15.2 Å². The van der Waals surface area contributed by atoms with Crippen LogP contribution in [0, 0.1) is 5.92 Å².